The monoisotopic (exact) mass is 338 g/mol. The van der Waals surface area contributed by atoms with E-state index in [4.69, 9.17) is 11.6 Å². The molecule has 0 saturated heterocycles. The SMILES string of the molecule is O=C(NCC#Cc1cccc(C(F)(F)F)c1)c1cccnc1Cl. The molecule has 2 rings (SSSR count). The molecule has 1 N–H and O–H groups in total. The molecule has 7 heteroatoms. The molecule has 1 aromatic heterocycles. The fourth-order valence-corrected chi connectivity index (χ4v) is 1.90. The lowest BCUT2D eigenvalue weighted by Crippen LogP contribution is -2.24. The molecule has 0 fully saturated rings. The Morgan fingerprint density at radius 3 is 2.74 bits per heavy atom. The Hall–Kier alpha value is -2.52. The zero-order valence-electron chi connectivity index (χ0n) is 11.6. The number of benzene rings is 1. The summed E-state index contributed by atoms with van der Waals surface area (Å²) >= 11 is 5.77. The number of alkyl halides is 3. The van der Waals surface area contributed by atoms with Gasteiger partial charge in [-0.25, -0.2) is 4.98 Å². The molecular formula is C16H10ClF3N2O. The molecule has 23 heavy (non-hydrogen) atoms. The van der Waals surface area contributed by atoms with Crippen molar-refractivity contribution in [2.45, 2.75) is 6.18 Å². The van der Waals surface area contributed by atoms with Crippen LogP contribution in [-0.4, -0.2) is 17.4 Å². The number of hydrogen-bond donors (Lipinski definition) is 1. The number of halogens is 4. The number of carbonyl (C=O) groups is 1. The van der Waals surface area contributed by atoms with E-state index in [2.05, 4.69) is 22.1 Å². The molecule has 3 nitrogen and oxygen atoms in total. The Bertz CT molecular complexity index is 779. The lowest BCUT2D eigenvalue weighted by atomic mass is 10.1. The minimum absolute atomic E-state index is 0.0275. The summed E-state index contributed by atoms with van der Waals surface area (Å²) in [6.45, 7) is -0.0275. The van der Waals surface area contributed by atoms with Crippen molar-refractivity contribution in [1.82, 2.24) is 10.3 Å². The second kappa shape index (κ2) is 7.16. The first-order valence-corrected chi connectivity index (χ1v) is 6.80. The van der Waals surface area contributed by atoms with E-state index in [0.717, 1.165) is 12.1 Å². The van der Waals surface area contributed by atoms with Gasteiger partial charge in [-0.15, -0.1) is 0 Å². The van der Waals surface area contributed by atoms with Gasteiger partial charge in [-0.1, -0.05) is 29.5 Å². The quantitative estimate of drug-likeness (QED) is 0.672. The van der Waals surface area contributed by atoms with E-state index < -0.39 is 17.6 Å². The van der Waals surface area contributed by atoms with Crippen LogP contribution in [0, 0.1) is 11.8 Å². The van der Waals surface area contributed by atoms with Crippen LogP contribution in [0.5, 0.6) is 0 Å². The second-order valence-corrected chi connectivity index (χ2v) is 4.76. The average Bonchev–Trinajstić information content (AvgIpc) is 2.51. The lowest BCUT2D eigenvalue weighted by Gasteiger charge is -2.05. The Kier molecular flexibility index (Phi) is 5.24. The summed E-state index contributed by atoms with van der Waals surface area (Å²) in [5, 5.41) is 2.56. The maximum Gasteiger partial charge on any atom is 0.416 e. The number of nitrogens with one attached hydrogen (secondary N) is 1. The number of amides is 1. The number of pyridine rings is 1. The van der Waals surface area contributed by atoms with Crippen LogP contribution in [0.25, 0.3) is 0 Å². The number of hydrogen-bond acceptors (Lipinski definition) is 2. The highest BCUT2D eigenvalue weighted by Crippen LogP contribution is 2.29. The van der Waals surface area contributed by atoms with E-state index in [1.54, 1.807) is 6.07 Å². The number of nitrogens with zero attached hydrogens (tertiary/aromatic N) is 1. The minimum atomic E-state index is -4.41. The van der Waals surface area contributed by atoms with Crippen molar-refractivity contribution in [3.8, 4) is 11.8 Å². The predicted octanol–water partition coefficient (Wildman–Crippen LogP) is 3.54. The number of aromatic nitrogens is 1. The van der Waals surface area contributed by atoms with Gasteiger partial charge in [0.15, 0.2) is 0 Å². The van der Waals surface area contributed by atoms with Crippen LogP contribution >= 0.6 is 11.6 Å². The Morgan fingerprint density at radius 2 is 2.04 bits per heavy atom. The van der Waals surface area contributed by atoms with Crippen LogP contribution in [0.2, 0.25) is 5.15 Å². The average molecular weight is 339 g/mol. The summed E-state index contributed by atoms with van der Waals surface area (Å²) in [6, 6.07) is 7.73. The predicted molar refractivity (Wildman–Crippen MR) is 79.9 cm³/mol. The molecule has 0 spiro atoms. The van der Waals surface area contributed by atoms with E-state index in [1.807, 2.05) is 0 Å². The fourth-order valence-electron chi connectivity index (χ4n) is 1.69. The highest BCUT2D eigenvalue weighted by Gasteiger charge is 2.30. The van der Waals surface area contributed by atoms with Crippen LogP contribution in [0.4, 0.5) is 13.2 Å². The molecular weight excluding hydrogens is 329 g/mol. The zero-order chi connectivity index (χ0) is 16.9. The largest absolute Gasteiger partial charge is 0.416 e. The summed E-state index contributed by atoms with van der Waals surface area (Å²) in [5.41, 5.74) is -0.348. The Morgan fingerprint density at radius 1 is 1.26 bits per heavy atom. The molecule has 1 heterocycles. The van der Waals surface area contributed by atoms with E-state index in [0.29, 0.717) is 0 Å². The van der Waals surface area contributed by atoms with Gasteiger partial charge >= 0.3 is 6.18 Å². The van der Waals surface area contributed by atoms with Gasteiger partial charge in [0.05, 0.1) is 17.7 Å². The Labute approximate surface area is 135 Å². The molecule has 2 aromatic rings. The minimum Gasteiger partial charge on any atom is -0.341 e. The molecule has 0 aliphatic carbocycles. The molecule has 0 aliphatic heterocycles. The van der Waals surface area contributed by atoms with Gasteiger partial charge in [-0.3, -0.25) is 4.79 Å². The first-order chi connectivity index (χ1) is 10.9. The lowest BCUT2D eigenvalue weighted by molar-refractivity contribution is -0.137. The van der Waals surface area contributed by atoms with Crippen molar-refractivity contribution in [3.05, 3.63) is 64.4 Å². The van der Waals surface area contributed by atoms with E-state index >= 15 is 0 Å². The maximum absolute atomic E-state index is 12.6. The van der Waals surface area contributed by atoms with Crippen molar-refractivity contribution in [3.63, 3.8) is 0 Å². The van der Waals surface area contributed by atoms with Crippen LogP contribution in [0.15, 0.2) is 42.6 Å². The van der Waals surface area contributed by atoms with Crippen LogP contribution in [0.1, 0.15) is 21.5 Å². The van der Waals surface area contributed by atoms with Crippen molar-refractivity contribution in [2.24, 2.45) is 0 Å². The van der Waals surface area contributed by atoms with Gasteiger partial charge in [0.2, 0.25) is 0 Å². The molecule has 0 atom stereocenters. The molecule has 1 amide bonds. The summed E-state index contributed by atoms with van der Waals surface area (Å²) in [5.74, 6) is 4.70. The second-order valence-electron chi connectivity index (χ2n) is 4.40. The zero-order valence-corrected chi connectivity index (χ0v) is 12.4. The van der Waals surface area contributed by atoms with Crippen molar-refractivity contribution >= 4 is 17.5 Å². The third-order valence-corrected chi connectivity index (χ3v) is 3.06. The summed E-state index contributed by atoms with van der Waals surface area (Å²) in [4.78, 5) is 15.6. The molecule has 0 saturated carbocycles. The molecule has 0 aliphatic rings. The Balaban J connectivity index is 1.99. The van der Waals surface area contributed by atoms with Gasteiger partial charge in [0, 0.05) is 11.8 Å². The standard InChI is InChI=1S/C16H10ClF3N2O/c17-14-13(7-3-8-21-14)15(23)22-9-2-5-11-4-1-6-12(10-11)16(18,19)20/h1,3-4,6-8,10H,9H2,(H,22,23). The highest BCUT2D eigenvalue weighted by atomic mass is 35.5. The van der Waals surface area contributed by atoms with Crippen LogP contribution < -0.4 is 5.32 Å². The first-order valence-electron chi connectivity index (χ1n) is 6.43. The van der Waals surface area contributed by atoms with Gasteiger partial charge < -0.3 is 5.32 Å². The fraction of sp³-hybridized carbons (Fsp3) is 0.125. The number of rotatable bonds is 2. The summed E-state index contributed by atoms with van der Waals surface area (Å²) < 4.78 is 37.7. The highest BCUT2D eigenvalue weighted by molar-refractivity contribution is 6.32. The molecule has 0 radical (unpaired) electrons. The topological polar surface area (TPSA) is 42.0 Å². The summed E-state index contributed by atoms with van der Waals surface area (Å²) in [7, 11) is 0. The van der Waals surface area contributed by atoms with Crippen molar-refractivity contribution < 1.29 is 18.0 Å². The first kappa shape index (κ1) is 16.8. The van der Waals surface area contributed by atoms with Gasteiger partial charge in [0.25, 0.3) is 5.91 Å². The summed E-state index contributed by atoms with van der Waals surface area (Å²) in [6.07, 6.45) is -2.96. The van der Waals surface area contributed by atoms with Crippen LogP contribution in [0.3, 0.4) is 0 Å². The van der Waals surface area contributed by atoms with Crippen molar-refractivity contribution in [2.75, 3.05) is 6.54 Å². The van der Waals surface area contributed by atoms with E-state index in [9.17, 15) is 18.0 Å². The van der Waals surface area contributed by atoms with Crippen molar-refractivity contribution in [1.29, 1.82) is 0 Å². The number of carbonyl (C=O) groups excluding carboxylic acids is 1. The van der Waals surface area contributed by atoms with E-state index in [-0.39, 0.29) is 22.8 Å². The maximum atomic E-state index is 12.6. The smallest absolute Gasteiger partial charge is 0.341 e. The molecule has 0 unspecified atom stereocenters. The third kappa shape index (κ3) is 4.73. The third-order valence-electron chi connectivity index (χ3n) is 2.76. The molecule has 0 bridgehead atoms. The molecule has 1 aromatic carbocycles. The van der Waals surface area contributed by atoms with Gasteiger partial charge in [0.1, 0.15) is 5.15 Å². The normalized spacial score (nSPS) is 10.6. The van der Waals surface area contributed by atoms with E-state index in [1.165, 1.54) is 24.4 Å². The van der Waals surface area contributed by atoms with Crippen LogP contribution in [-0.2, 0) is 6.18 Å². The van der Waals surface area contributed by atoms with Gasteiger partial charge in [-0.05, 0) is 30.3 Å². The molecule has 118 valence electrons. The van der Waals surface area contributed by atoms with Gasteiger partial charge in [-0.2, -0.15) is 13.2 Å².